The van der Waals surface area contributed by atoms with E-state index < -0.39 is 5.97 Å². The lowest BCUT2D eigenvalue weighted by Crippen LogP contribution is -2.13. The average Bonchev–Trinajstić information content (AvgIpc) is 2.53. The van der Waals surface area contributed by atoms with Crippen LogP contribution in [-0.4, -0.2) is 44.9 Å². The minimum Gasteiger partial charge on any atom is -0.493 e. The molecular formula is C14H16N2O5. The van der Waals surface area contributed by atoms with Crippen LogP contribution >= 0.6 is 0 Å². The predicted octanol–water partition coefficient (Wildman–Crippen LogP) is 1.57. The first-order chi connectivity index (χ1) is 10.1. The predicted molar refractivity (Wildman–Crippen MR) is 75.8 cm³/mol. The summed E-state index contributed by atoms with van der Waals surface area (Å²) in [6, 6.07) is 3.37. The van der Waals surface area contributed by atoms with E-state index in [0.29, 0.717) is 22.8 Å². The summed E-state index contributed by atoms with van der Waals surface area (Å²) in [6.45, 7) is 0. The summed E-state index contributed by atoms with van der Waals surface area (Å²) in [6.07, 6.45) is 2.86. The molecule has 0 saturated carbocycles. The molecule has 0 spiro atoms. The van der Waals surface area contributed by atoms with Gasteiger partial charge in [-0.2, -0.15) is 4.79 Å². The van der Waals surface area contributed by atoms with E-state index in [-0.39, 0.29) is 5.71 Å². The van der Waals surface area contributed by atoms with Crippen LogP contribution in [0.25, 0.3) is 11.6 Å². The molecule has 0 aliphatic heterocycles. The molecule has 7 nitrogen and oxygen atoms in total. The Bertz CT molecular complexity index is 578. The lowest BCUT2D eigenvalue weighted by Gasteiger charge is -2.12. The van der Waals surface area contributed by atoms with Gasteiger partial charge in [-0.25, -0.2) is 4.79 Å². The molecule has 0 atom stereocenters. The van der Waals surface area contributed by atoms with Crippen LogP contribution in [0.3, 0.4) is 0 Å². The minimum absolute atomic E-state index is 0.230. The van der Waals surface area contributed by atoms with Gasteiger partial charge < -0.3 is 24.5 Å². The third kappa shape index (κ3) is 3.84. The van der Waals surface area contributed by atoms with Crippen LogP contribution < -0.4 is 14.2 Å². The average molecular weight is 292 g/mol. The van der Waals surface area contributed by atoms with Gasteiger partial charge in [-0.05, 0) is 23.8 Å². The quantitative estimate of drug-likeness (QED) is 0.343. The number of carbonyl (C=O) groups excluding carboxylic acids is 1. The monoisotopic (exact) mass is 292 g/mol. The zero-order chi connectivity index (χ0) is 15.8. The van der Waals surface area contributed by atoms with Crippen molar-refractivity contribution in [3.05, 3.63) is 29.3 Å². The van der Waals surface area contributed by atoms with Gasteiger partial charge in [0.05, 0.1) is 28.4 Å². The Balaban J connectivity index is 3.20. The smallest absolute Gasteiger partial charge is 0.421 e. The van der Waals surface area contributed by atoms with Crippen LogP contribution in [0, 0.1) is 0 Å². The number of hydrogen-bond acceptors (Lipinski definition) is 5. The third-order valence-electron chi connectivity index (χ3n) is 2.62. The van der Waals surface area contributed by atoms with E-state index >= 15 is 0 Å². The highest BCUT2D eigenvalue weighted by Gasteiger charge is 2.17. The van der Waals surface area contributed by atoms with Gasteiger partial charge in [0.15, 0.2) is 11.5 Å². The highest BCUT2D eigenvalue weighted by Crippen LogP contribution is 2.38. The number of hydrogen-bond donors (Lipinski definition) is 0. The molecule has 0 heterocycles. The third-order valence-corrected chi connectivity index (χ3v) is 2.62. The molecule has 0 aliphatic carbocycles. The number of methoxy groups -OCH3 is 4. The Hall–Kier alpha value is -2.79. The maximum atomic E-state index is 11.3. The fourth-order valence-electron chi connectivity index (χ4n) is 1.62. The molecule has 0 amide bonds. The summed E-state index contributed by atoms with van der Waals surface area (Å²) in [4.78, 5) is 14.1. The number of benzene rings is 1. The molecule has 0 unspecified atom stereocenters. The zero-order valence-corrected chi connectivity index (χ0v) is 12.2. The lowest BCUT2D eigenvalue weighted by atomic mass is 10.1. The van der Waals surface area contributed by atoms with Crippen molar-refractivity contribution in [3.63, 3.8) is 0 Å². The molecule has 7 heteroatoms. The summed E-state index contributed by atoms with van der Waals surface area (Å²) in [7, 11) is 5.70. The molecular weight excluding hydrogens is 276 g/mol. The molecule has 0 saturated heterocycles. The lowest BCUT2D eigenvalue weighted by molar-refractivity contribution is -0.137. The van der Waals surface area contributed by atoms with Crippen LogP contribution in [0.15, 0.2) is 18.2 Å². The van der Waals surface area contributed by atoms with Crippen LogP contribution in [0.1, 0.15) is 5.56 Å². The molecule has 21 heavy (non-hydrogen) atoms. The van der Waals surface area contributed by atoms with Crippen LogP contribution in [0.4, 0.5) is 0 Å². The highest BCUT2D eigenvalue weighted by atomic mass is 16.5. The second-order valence-corrected chi connectivity index (χ2v) is 3.77. The first kappa shape index (κ1) is 16.3. The van der Waals surface area contributed by atoms with Crippen molar-refractivity contribution in [2.45, 2.75) is 0 Å². The number of carbonyl (C=O) groups is 1. The van der Waals surface area contributed by atoms with Gasteiger partial charge in [0, 0.05) is 6.08 Å². The Labute approximate surface area is 122 Å². The molecule has 0 N–H and O–H groups in total. The van der Waals surface area contributed by atoms with Gasteiger partial charge in [0.1, 0.15) is 0 Å². The first-order valence-electron chi connectivity index (χ1n) is 5.89. The van der Waals surface area contributed by atoms with Crippen molar-refractivity contribution < 1.29 is 28.5 Å². The van der Waals surface area contributed by atoms with Gasteiger partial charge in [-0.1, -0.05) is 0 Å². The molecule has 112 valence electrons. The van der Waals surface area contributed by atoms with Crippen molar-refractivity contribution >= 4 is 17.8 Å². The van der Waals surface area contributed by atoms with Gasteiger partial charge in [0.25, 0.3) is 0 Å². The molecule has 1 rings (SSSR count). The van der Waals surface area contributed by atoms with E-state index in [2.05, 4.69) is 9.53 Å². The summed E-state index contributed by atoms with van der Waals surface area (Å²) in [5.41, 5.74) is 9.19. The van der Waals surface area contributed by atoms with E-state index in [1.165, 1.54) is 34.5 Å². The molecule has 1 aromatic carbocycles. The van der Waals surface area contributed by atoms with E-state index in [4.69, 9.17) is 19.7 Å². The SMILES string of the molecule is COC(=O)C(/C=C/c1cc(OC)c(OC)c(OC)c1)=[N+]=[N-]. The first-order valence-corrected chi connectivity index (χ1v) is 5.89. The van der Waals surface area contributed by atoms with E-state index in [0.717, 1.165) is 0 Å². The standard InChI is InChI=1S/C14H16N2O5/c1-18-11-7-9(8-12(19-2)13(11)20-3)5-6-10(16-15)14(17)21-4/h5-8H,1-4H3/b6-5+. The van der Waals surface area contributed by atoms with Crippen molar-refractivity contribution in [2.75, 3.05) is 28.4 Å². The Morgan fingerprint density at radius 3 is 2.05 bits per heavy atom. The number of esters is 1. The van der Waals surface area contributed by atoms with Crippen LogP contribution in [-0.2, 0) is 9.53 Å². The number of nitrogens with zero attached hydrogens (tertiary/aromatic N) is 2. The maximum absolute atomic E-state index is 11.3. The Morgan fingerprint density at radius 2 is 1.67 bits per heavy atom. The normalized spacial score (nSPS) is 9.90. The van der Waals surface area contributed by atoms with Crippen molar-refractivity contribution in [1.29, 1.82) is 0 Å². The molecule has 1 aromatic rings. The fourth-order valence-corrected chi connectivity index (χ4v) is 1.62. The molecule has 0 aliphatic rings. The summed E-state index contributed by atoms with van der Waals surface area (Å²) >= 11 is 0. The van der Waals surface area contributed by atoms with E-state index in [9.17, 15) is 4.79 Å². The van der Waals surface area contributed by atoms with Gasteiger partial charge in [-0.15, -0.1) is 0 Å². The van der Waals surface area contributed by atoms with E-state index in [1.807, 2.05) is 0 Å². The van der Waals surface area contributed by atoms with Crippen molar-refractivity contribution in [2.24, 2.45) is 0 Å². The molecule has 0 aromatic heterocycles. The highest BCUT2D eigenvalue weighted by molar-refractivity contribution is 6.39. The Morgan fingerprint density at radius 1 is 1.10 bits per heavy atom. The van der Waals surface area contributed by atoms with Crippen molar-refractivity contribution in [1.82, 2.24) is 0 Å². The zero-order valence-electron chi connectivity index (χ0n) is 12.2. The van der Waals surface area contributed by atoms with Crippen LogP contribution in [0.2, 0.25) is 0 Å². The topological polar surface area (TPSA) is 90.4 Å². The number of rotatable bonds is 6. The molecule has 0 fully saturated rings. The van der Waals surface area contributed by atoms with Crippen LogP contribution in [0.5, 0.6) is 17.2 Å². The minimum atomic E-state index is -0.749. The van der Waals surface area contributed by atoms with Gasteiger partial charge in [0.2, 0.25) is 5.75 Å². The summed E-state index contributed by atoms with van der Waals surface area (Å²) < 4.78 is 20.1. The molecule has 0 radical (unpaired) electrons. The second-order valence-electron chi connectivity index (χ2n) is 3.77. The summed E-state index contributed by atoms with van der Waals surface area (Å²) in [5, 5.41) is 0. The Kier molecular flexibility index (Phi) is 5.98. The van der Waals surface area contributed by atoms with Gasteiger partial charge in [-0.3, -0.25) is 0 Å². The van der Waals surface area contributed by atoms with Crippen molar-refractivity contribution in [3.8, 4) is 17.2 Å². The maximum Gasteiger partial charge on any atom is 0.421 e. The molecule has 0 bridgehead atoms. The van der Waals surface area contributed by atoms with E-state index in [1.54, 1.807) is 18.2 Å². The summed E-state index contributed by atoms with van der Waals surface area (Å²) in [5.74, 6) is 0.650. The second kappa shape index (κ2) is 7.72. The number of ether oxygens (including phenoxy) is 4. The van der Waals surface area contributed by atoms with Gasteiger partial charge >= 0.3 is 11.7 Å². The fraction of sp³-hybridized carbons (Fsp3) is 0.286. The largest absolute Gasteiger partial charge is 0.493 e.